The Morgan fingerprint density at radius 2 is 2.00 bits per heavy atom. The van der Waals surface area contributed by atoms with Gasteiger partial charge in [0.05, 0.1) is 6.61 Å². The summed E-state index contributed by atoms with van der Waals surface area (Å²) >= 11 is 0. The Morgan fingerprint density at radius 3 is 2.78 bits per heavy atom. The first kappa shape index (κ1) is 9.96. The summed E-state index contributed by atoms with van der Waals surface area (Å²) in [5.41, 5.74) is 2.83. The van der Waals surface area contributed by atoms with Crippen LogP contribution in [0.15, 0.2) is 23.3 Å². The maximum absolute atomic E-state index is 12.8. The molecule has 18 heavy (non-hydrogen) atoms. The monoisotopic (exact) mass is 242 g/mol. The number of ketones is 1. The first-order valence-corrected chi connectivity index (χ1v) is 7.40. The van der Waals surface area contributed by atoms with Crippen molar-refractivity contribution in [1.29, 1.82) is 0 Å². The van der Waals surface area contributed by atoms with E-state index in [2.05, 4.69) is 12.2 Å². The Bertz CT molecular complexity index is 509. The first-order chi connectivity index (χ1) is 8.83. The van der Waals surface area contributed by atoms with Crippen molar-refractivity contribution >= 4 is 5.78 Å². The van der Waals surface area contributed by atoms with Gasteiger partial charge in [0.1, 0.15) is 0 Å². The Kier molecular flexibility index (Phi) is 1.65. The van der Waals surface area contributed by atoms with Crippen molar-refractivity contribution in [3.8, 4) is 0 Å². The molecule has 5 atom stereocenters. The normalized spacial score (nSPS) is 51.9. The number of Topliss-reactive ketones (excluding diaryl/α,β-unsaturated/α-hetero) is 1. The van der Waals surface area contributed by atoms with Crippen molar-refractivity contribution in [2.24, 2.45) is 23.7 Å². The van der Waals surface area contributed by atoms with Gasteiger partial charge in [-0.15, -0.1) is 0 Å². The third kappa shape index (κ3) is 0.922. The number of epoxide rings is 1. The summed E-state index contributed by atoms with van der Waals surface area (Å²) in [7, 11) is 0. The van der Waals surface area contributed by atoms with Gasteiger partial charge >= 0.3 is 0 Å². The van der Waals surface area contributed by atoms with Gasteiger partial charge in [-0.1, -0.05) is 23.3 Å². The minimum absolute atomic E-state index is 0.191. The van der Waals surface area contributed by atoms with Gasteiger partial charge in [-0.25, -0.2) is 0 Å². The van der Waals surface area contributed by atoms with Gasteiger partial charge in [0, 0.05) is 11.8 Å². The SMILES string of the molecule is O=C1[C@H]2C3=C(CCCC3)[C@H]([C@@H]3CC=C[C@H]23)[C@@]12CO2. The summed E-state index contributed by atoms with van der Waals surface area (Å²) in [6.45, 7) is 0.701. The van der Waals surface area contributed by atoms with E-state index in [9.17, 15) is 4.79 Å². The number of hydrogen-bond donors (Lipinski definition) is 0. The van der Waals surface area contributed by atoms with Crippen LogP contribution < -0.4 is 0 Å². The second kappa shape index (κ2) is 2.98. The van der Waals surface area contributed by atoms with Crippen LogP contribution in [0, 0.1) is 23.7 Å². The van der Waals surface area contributed by atoms with Gasteiger partial charge in [-0.2, -0.15) is 0 Å². The average Bonchev–Trinajstić information content (AvgIpc) is 3.02. The topological polar surface area (TPSA) is 29.6 Å². The third-order valence-electron chi connectivity index (χ3n) is 6.04. The van der Waals surface area contributed by atoms with E-state index >= 15 is 0 Å². The number of hydrogen-bond acceptors (Lipinski definition) is 2. The molecule has 2 fully saturated rings. The summed E-state index contributed by atoms with van der Waals surface area (Å²) in [6, 6.07) is 0. The van der Waals surface area contributed by atoms with E-state index in [-0.39, 0.29) is 11.5 Å². The Hall–Kier alpha value is -0.890. The van der Waals surface area contributed by atoms with E-state index in [0.717, 1.165) is 0 Å². The second-order valence-electron chi connectivity index (χ2n) is 6.66. The molecule has 1 heterocycles. The molecule has 0 N–H and O–H groups in total. The highest BCUT2D eigenvalue weighted by Crippen LogP contribution is 2.64. The molecule has 5 aliphatic carbocycles. The first-order valence-electron chi connectivity index (χ1n) is 7.40. The van der Waals surface area contributed by atoms with Crippen molar-refractivity contribution in [2.45, 2.75) is 37.7 Å². The van der Waals surface area contributed by atoms with Crippen LogP contribution in [-0.2, 0) is 9.53 Å². The standard InChI is InChI=1S/C16H18O2/c17-15-13-9-4-1-2-5-11(9)14(16(15)8-18-16)12-7-3-6-10(12)13/h3,6,10,12-14H,1-2,4-5,7-8H2/t10-,12+,13-,14+,16-/m0/s1. The number of allylic oxidation sites excluding steroid dienone is 3. The lowest BCUT2D eigenvalue weighted by molar-refractivity contribution is -0.137. The fourth-order valence-corrected chi connectivity index (χ4v) is 5.34. The zero-order valence-corrected chi connectivity index (χ0v) is 10.5. The van der Waals surface area contributed by atoms with Gasteiger partial charge < -0.3 is 4.74 Å². The van der Waals surface area contributed by atoms with Crippen LogP contribution in [0.4, 0.5) is 0 Å². The molecule has 1 saturated heterocycles. The van der Waals surface area contributed by atoms with Crippen LogP contribution in [0.1, 0.15) is 32.1 Å². The number of rotatable bonds is 0. The minimum Gasteiger partial charge on any atom is -0.361 e. The number of carbonyl (C=O) groups is 1. The lowest BCUT2D eigenvalue weighted by Gasteiger charge is -2.51. The van der Waals surface area contributed by atoms with E-state index in [4.69, 9.17) is 4.74 Å². The van der Waals surface area contributed by atoms with Crippen molar-refractivity contribution in [3.05, 3.63) is 23.3 Å². The van der Waals surface area contributed by atoms with Crippen molar-refractivity contribution in [3.63, 3.8) is 0 Å². The zero-order valence-electron chi connectivity index (χ0n) is 10.5. The maximum atomic E-state index is 12.8. The molecule has 0 radical (unpaired) electrons. The van der Waals surface area contributed by atoms with Crippen molar-refractivity contribution < 1.29 is 9.53 Å². The summed E-state index contributed by atoms with van der Waals surface area (Å²) in [5.74, 6) is 2.24. The average molecular weight is 242 g/mol. The van der Waals surface area contributed by atoms with Gasteiger partial charge in [0.15, 0.2) is 11.4 Å². The van der Waals surface area contributed by atoms with Crippen molar-refractivity contribution in [1.82, 2.24) is 0 Å². The predicted octanol–water partition coefficient (Wildman–Crippen LogP) is 2.65. The van der Waals surface area contributed by atoms with E-state index in [0.29, 0.717) is 30.1 Å². The molecular formula is C16H18O2. The predicted molar refractivity (Wildman–Crippen MR) is 66.9 cm³/mol. The van der Waals surface area contributed by atoms with Crippen LogP contribution >= 0.6 is 0 Å². The molecule has 2 bridgehead atoms. The molecule has 0 aromatic heterocycles. The number of ether oxygens (including phenoxy) is 1. The molecule has 1 saturated carbocycles. The van der Waals surface area contributed by atoms with E-state index in [1.165, 1.54) is 37.7 Å². The van der Waals surface area contributed by atoms with Crippen LogP contribution in [0.25, 0.3) is 0 Å². The highest BCUT2D eigenvalue weighted by atomic mass is 16.6. The molecule has 1 aliphatic heterocycles. The van der Waals surface area contributed by atoms with Crippen LogP contribution in [0.3, 0.4) is 0 Å². The zero-order chi connectivity index (χ0) is 11.9. The summed E-state index contributed by atoms with van der Waals surface area (Å²) in [6.07, 6.45) is 10.8. The summed E-state index contributed by atoms with van der Waals surface area (Å²) < 4.78 is 5.73. The summed E-state index contributed by atoms with van der Waals surface area (Å²) in [4.78, 5) is 12.8. The van der Waals surface area contributed by atoms with Gasteiger partial charge in [-0.3, -0.25) is 4.79 Å². The van der Waals surface area contributed by atoms with Crippen LogP contribution in [-0.4, -0.2) is 18.0 Å². The fraction of sp³-hybridized carbons (Fsp3) is 0.688. The highest BCUT2D eigenvalue weighted by Gasteiger charge is 2.70. The lowest BCUT2D eigenvalue weighted by atomic mass is 9.50. The molecule has 1 spiro atoms. The van der Waals surface area contributed by atoms with E-state index < -0.39 is 0 Å². The Labute approximate surface area is 107 Å². The summed E-state index contributed by atoms with van der Waals surface area (Å²) in [5, 5.41) is 0. The molecule has 0 aromatic carbocycles. The molecule has 0 amide bonds. The molecular weight excluding hydrogens is 224 g/mol. The molecule has 2 nitrogen and oxygen atoms in total. The maximum Gasteiger partial charge on any atom is 0.175 e. The third-order valence-corrected chi connectivity index (χ3v) is 6.04. The molecule has 0 unspecified atom stereocenters. The van der Waals surface area contributed by atoms with Crippen LogP contribution in [0.5, 0.6) is 0 Å². The minimum atomic E-state index is -0.353. The molecule has 94 valence electrons. The lowest BCUT2D eigenvalue weighted by Crippen LogP contribution is -2.57. The fourth-order valence-electron chi connectivity index (χ4n) is 5.34. The van der Waals surface area contributed by atoms with Gasteiger partial charge in [0.25, 0.3) is 0 Å². The highest BCUT2D eigenvalue weighted by molar-refractivity contribution is 5.98. The largest absolute Gasteiger partial charge is 0.361 e. The molecule has 2 heteroatoms. The second-order valence-corrected chi connectivity index (χ2v) is 6.66. The quantitative estimate of drug-likeness (QED) is 0.483. The van der Waals surface area contributed by atoms with E-state index in [1.807, 2.05) is 0 Å². The Morgan fingerprint density at radius 1 is 1.22 bits per heavy atom. The number of carbonyl (C=O) groups excluding carboxylic acids is 1. The van der Waals surface area contributed by atoms with Gasteiger partial charge in [-0.05, 0) is 43.9 Å². The molecule has 0 aromatic rings. The smallest absolute Gasteiger partial charge is 0.175 e. The molecule has 6 aliphatic rings. The van der Waals surface area contributed by atoms with Gasteiger partial charge in [0.2, 0.25) is 0 Å². The van der Waals surface area contributed by atoms with Crippen molar-refractivity contribution in [2.75, 3.05) is 6.61 Å². The molecule has 6 rings (SSSR count). The Balaban J connectivity index is 1.74. The van der Waals surface area contributed by atoms with E-state index in [1.54, 1.807) is 5.57 Å². The van der Waals surface area contributed by atoms with Crippen LogP contribution in [0.2, 0.25) is 0 Å².